The summed E-state index contributed by atoms with van der Waals surface area (Å²) in [7, 11) is 4.18. The van der Waals surface area contributed by atoms with Crippen molar-refractivity contribution in [3.05, 3.63) is 47.9 Å². The van der Waals surface area contributed by atoms with Crippen molar-refractivity contribution in [2.45, 2.75) is 13.5 Å². The average molecular weight is 305 g/mol. The molecule has 0 aliphatic carbocycles. The first-order chi connectivity index (χ1) is 11.1. The van der Waals surface area contributed by atoms with Crippen LogP contribution in [0.2, 0.25) is 0 Å². The van der Waals surface area contributed by atoms with Crippen LogP contribution in [-0.4, -0.2) is 38.9 Å². The molecule has 0 aliphatic heterocycles. The van der Waals surface area contributed by atoms with E-state index in [-0.39, 0.29) is 0 Å². The van der Waals surface area contributed by atoms with E-state index in [1.807, 2.05) is 19.2 Å². The van der Waals surface area contributed by atoms with Gasteiger partial charge in [-0.3, -0.25) is 0 Å². The molecule has 2 N–H and O–H groups in total. The van der Waals surface area contributed by atoms with E-state index in [9.17, 15) is 0 Å². The van der Waals surface area contributed by atoms with Crippen LogP contribution in [0.3, 0.4) is 0 Å². The Labute approximate surface area is 134 Å². The molecule has 0 saturated heterocycles. The van der Waals surface area contributed by atoms with Gasteiger partial charge in [0.25, 0.3) is 0 Å². The normalized spacial score (nSPS) is 11.8. The van der Waals surface area contributed by atoms with E-state index >= 15 is 0 Å². The van der Waals surface area contributed by atoms with Crippen LogP contribution < -0.4 is 0 Å². The number of nitrogens with one attached hydrogen (secondary N) is 2. The van der Waals surface area contributed by atoms with Gasteiger partial charge in [-0.1, -0.05) is 12.1 Å². The van der Waals surface area contributed by atoms with E-state index in [0.717, 1.165) is 40.3 Å². The van der Waals surface area contributed by atoms with E-state index in [1.165, 1.54) is 10.9 Å². The fraction of sp³-hybridized carbons (Fsp3) is 0.222. The van der Waals surface area contributed by atoms with Gasteiger partial charge in [-0.05, 0) is 44.8 Å². The number of fused-ring (bicyclic) bond motifs is 2. The van der Waals surface area contributed by atoms with Crippen LogP contribution >= 0.6 is 0 Å². The summed E-state index contributed by atoms with van der Waals surface area (Å²) in [4.78, 5) is 17.9. The van der Waals surface area contributed by atoms with Crippen molar-refractivity contribution in [2.24, 2.45) is 0 Å². The molecule has 0 aliphatic rings. The molecule has 116 valence electrons. The Morgan fingerprint density at radius 3 is 2.83 bits per heavy atom. The smallest absolute Gasteiger partial charge is 0.158 e. The van der Waals surface area contributed by atoms with Crippen molar-refractivity contribution >= 4 is 22.1 Å². The highest BCUT2D eigenvalue weighted by Gasteiger charge is 2.12. The molecule has 0 unspecified atom stereocenters. The molecule has 3 heterocycles. The highest BCUT2D eigenvalue weighted by Crippen LogP contribution is 2.30. The lowest BCUT2D eigenvalue weighted by atomic mass is 10.1. The molecule has 0 fully saturated rings. The van der Waals surface area contributed by atoms with Crippen LogP contribution in [0.1, 0.15) is 11.4 Å². The number of aromatic nitrogens is 4. The molecule has 4 aromatic rings. The minimum Gasteiger partial charge on any atom is -0.354 e. The summed E-state index contributed by atoms with van der Waals surface area (Å²) < 4.78 is 0. The van der Waals surface area contributed by atoms with Crippen LogP contribution in [0, 0.1) is 6.92 Å². The summed E-state index contributed by atoms with van der Waals surface area (Å²) in [5.41, 5.74) is 6.35. The number of rotatable bonds is 3. The Morgan fingerprint density at radius 2 is 2.00 bits per heavy atom. The first kappa shape index (κ1) is 14.0. The topological polar surface area (TPSA) is 60.6 Å². The number of aryl methyl sites for hydroxylation is 1. The number of benzene rings is 1. The van der Waals surface area contributed by atoms with Crippen molar-refractivity contribution < 1.29 is 0 Å². The van der Waals surface area contributed by atoms with Gasteiger partial charge in [0.1, 0.15) is 11.3 Å². The summed E-state index contributed by atoms with van der Waals surface area (Å²) in [5.74, 6) is 0.879. The minimum atomic E-state index is 0.826. The highest BCUT2D eigenvalue weighted by atomic mass is 15.0. The molecule has 0 bridgehead atoms. The maximum atomic E-state index is 4.58. The van der Waals surface area contributed by atoms with E-state index < -0.39 is 0 Å². The molecular weight excluding hydrogens is 286 g/mol. The molecular formula is C18H19N5. The van der Waals surface area contributed by atoms with E-state index in [2.05, 4.69) is 63.2 Å². The number of nitrogens with zero attached hydrogens (tertiary/aromatic N) is 3. The fourth-order valence-electron chi connectivity index (χ4n) is 3.08. The van der Waals surface area contributed by atoms with Crippen LogP contribution in [0.5, 0.6) is 0 Å². The SMILES string of the molecule is Cc1nc2c(-c3cc4c(CN(C)C)cccc4[nH]3)ccnc2[nH]1. The van der Waals surface area contributed by atoms with E-state index in [0.29, 0.717) is 0 Å². The fourth-order valence-corrected chi connectivity index (χ4v) is 3.08. The van der Waals surface area contributed by atoms with Gasteiger partial charge in [0.15, 0.2) is 5.65 Å². The van der Waals surface area contributed by atoms with Gasteiger partial charge in [0.05, 0.1) is 0 Å². The number of pyridine rings is 1. The largest absolute Gasteiger partial charge is 0.354 e. The Balaban J connectivity index is 1.91. The Hall–Kier alpha value is -2.66. The lowest BCUT2D eigenvalue weighted by Gasteiger charge is -2.10. The van der Waals surface area contributed by atoms with Crippen LogP contribution in [0.25, 0.3) is 33.3 Å². The van der Waals surface area contributed by atoms with Crippen molar-refractivity contribution in [2.75, 3.05) is 14.1 Å². The molecule has 0 spiro atoms. The number of hydrogen-bond donors (Lipinski definition) is 2. The number of aromatic amines is 2. The van der Waals surface area contributed by atoms with Crippen molar-refractivity contribution in [3.63, 3.8) is 0 Å². The second kappa shape index (κ2) is 5.21. The van der Waals surface area contributed by atoms with Crippen LogP contribution in [0.4, 0.5) is 0 Å². The number of hydrogen-bond acceptors (Lipinski definition) is 3. The van der Waals surface area contributed by atoms with E-state index in [1.54, 1.807) is 0 Å². The standard InChI is InChI=1S/C18H19N5/c1-11-20-17-13(7-8-19-18(17)21-11)16-9-14-12(10-23(2)3)5-4-6-15(14)22-16/h4-9,22H,10H2,1-3H3,(H,19,20,21). The number of imidazole rings is 1. The Morgan fingerprint density at radius 1 is 1.13 bits per heavy atom. The lowest BCUT2D eigenvalue weighted by molar-refractivity contribution is 0.404. The molecule has 5 heteroatoms. The van der Waals surface area contributed by atoms with Crippen molar-refractivity contribution in [1.29, 1.82) is 0 Å². The van der Waals surface area contributed by atoms with Crippen molar-refractivity contribution in [1.82, 2.24) is 24.8 Å². The minimum absolute atomic E-state index is 0.826. The van der Waals surface area contributed by atoms with Gasteiger partial charge in [-0.2, -0.15) is 0 Å². The molecule has 4 rings (SSSR count). The monoisotopic (exact) mass is 305 g/mol. The molecule has 23 heavy (non-hydrogen) atoms. The average Bonchev–Trinajstić information content (AvgIpc) is 3.08. The van der Waals surface area contributed by atoms with Crippen molar-refractivity contribution in [3.8, 4) is 11.3 Å². The highest BCUT2D eigenvalue weighted by molar-refractivity contribution is 5.94. The Bertz CT molecular complexity index is 993. The van der Waals surface area contributed by atoms with Gasteiger partial charge in [0.2, 0.25) is 0 Å². The summed E-state index contributed by atoms with van der Waals surface area (Å²) >= 11 is 0. The van der Waals surface area contributed by atoms with Crippen LogP contribution in [0.15, 0.2) is 36.5 Å². The molecule has 0 saturated carbocycles. The van der Waals surface area contributed by atoms with Crippen LogP contribution in [-0.2, 0) is 6.54 Å². The van der Waals surface area contributed by atoms with Gasteiger partial charge >= 0.3 is 0 Å². The third-order valence-corrected chi connectivity index (χ3v) is 4.03. The maximum Gasteiger partial charge on any atom is 0.158 e. The molecule has 0 atom stereocenters. The lowest BCUT2D eigenvalue weighted by Crippen LogP contribution is -2.10. The van der Waals surface area contributed by atoms with Gasteiger partial charge in [-0.15, -0.1) is 0 Å². The van der Waals surface area contributed by atoms with Gasteiger partial charge in [-0.25, -0.2) is 9.97 Å². The predicted molar refractivity (Wildman–Crippen MR) is 93.3 cm³/mol. The van der Waals surface area contributed by atoms with Gasteiger partial charge < -0.3 is 14.9 Å². The summed E-state index contributed by atoms with van der Waals surface area (Å²) in [6.07, 6.45) is 1.82. The maximum absolute atomic E-state index is 4.58. The second-order valence-electron chi connectivity index (χ2n) is 6.18. The third-order valence-electron chi connectivity index (χ3n) is 4.03. The predicted octanol–water partition coefficient (Wildman–Crippen LogP) is 3.48. The molecule has 5 nitrogen and oxygen atoms in total. The molecule has 3 aromatic heterocycles. The number of H-pyrrole nitrogens is 2. The molecule has 0 radical (unpaired) electrons. The Kier molecular flexibility index (Phi) is 3.16. The van der Waals surface area contributed by atoms with E-state index in [4.69, 9.17) is 0 Å². The second-order valence-corrected chi connectivity index (χ2v) is 6.18. The first-order valence-corrected chi connectivity index (χ1v) is 7.69. The van der Waals surface area contributed by atoms with Gasteiger partial charge in [0, 0.05) is 34.9 Å². The zero-order chi connectivity index (χ0) is 16.0. The summed E-state index contributed by atoms with van der Waals surface area (Å²) in [5, 5.41) is 1.26. The summed E-state index contributed by atoms with van der Waals surface area (Å²) in [6.45, 7) is 2.87. The molecule has 1 aromatic carbocycles. The third kappa shape index (κ3) is 2.39. The zero-order valence-electron chi connectivity index (χ0n) is 13.5. The molecule has 0 amide bonds. The zero-order valence-corrected chi connectivity index (χ0v) is 13.5. The quantitative estimate of drug-likeness (QED) is 0.609. The first-order valence-electron chi connectivity index (χ1n) is 7.69. The summed E-state index contributed by atoms with van der Waals surface area (Å²) in [6, 6.07) is 10.6.